The summed E-state index contributed by atoms with van der Waals surface area (Å²) in [5, 5.41) is 0. The van der Waals surface area contributed by atoms with Gasteiger partial charge in [-0.25, -0.2) is 9.18 Å². The zero-order valence-electron chi connectivity index (χ0n) is 12.4. The Hall–Kier alpha value is -4.60. The van der Waals surface area contributed by atoms with Crippen molar-refractivity contribution in [3.05, 3.63) is 6.42 Å². The van der Waals surface area contributed by atoms with E-state index >= 15 is 0 Å². The van der Waals surface area contributed by atoms with Crippen LogP contribution in [0.1, 0.15) is 40.0 Å². The van der Waals surface area contributed by atoms with E-state index in [9.17, 15) is 9.18 Å². The van der Waals surface area contributed by atoms with Crippen LogP contribution in [0.25, 0.3) is 0 Å². The standard InChI is InChI=1S/C12H18FO2.4Rf/c1-11(2,3)15-10(14)12(13)7-8-4-5-9(12)6-8;;;;/h6,8-9H,4-5,7H2,1-3H3;;;;/q-1;;;;. The summed E-state index contributed by atoms with van der Waals surface area (Å²) in [5.74, 6) is -0.594. The zero-order chi connectivity index (χ0) is 11.3. The number of rotatable bonds is 1. The summed E-state index contributed by atoms with van der Waals surface area (Å²) in [6.45, 7) is 5.31. The van der Waals surface area contributed by atoms with Gasteiger partial charge in [-0.15, -0.1) is 5.92 Å². The van der Waals surface area contributed by atoms with Crippen LogP contribution in [0, 0.1) is 18.3 Å². The van der Waals surface area contributed by atoms with Gasteiger partial charge in [0.25, 0.3) is 0 Å². The van der Waals surface area contributed by atoms with Crippen LogP contribution in [-0.2, 0) is 9.53 Å². The molecule has 0 spiro atoms. The Morgan fingerprint density at radius 3 is 2.05 bits per heavy atom. The number of ether oxygens (including phenoxy) is 1. The maximum absolute atomic E-state index is 14.4. The molecule has 0 N–H and O–H groups in total. The number of alkyl halides is 1. The van der Waals surface area contributed by atoms with E-state index in [-0.39, 0.29) is 11.8 Å². The number of carbonyl (C=O) groups is 1. The second-order valence-electron chi connectivity index (χ2n) is 5.70. The second kappa shape index (κ2) is 4.50. The summed E-state index contributed by atoms with van der Waals surface area (Å²) < 4.78 is 19.6. The Balaban J connectivity index is -0.000000640. The van der Waals surface area contributed by atoms with Crippen molar-refractivity contribution in [1.29, 1.82) is 0 Å². The number of hydrogen-bond donors (Lipinski definition) is 0. The average molecular weight is 1280 g/mol. The second-order valence-corrected chi connectivity index (χ2v) is 5.70. The van der Waals surface area contributed by atoms with Gasteiger partial charge in [0, 0.05) is 0 Å². The van der Waals surface area contributed by atoms with Crippen molar-refractivity contribution in [3.8, 4) is 0 Å². The predicted molar refractivity (Wildman–Crippen MR) is 54.8 cm³/mol. The minimum absolute atomic E-state index is 0. The molecule has 0 aliphatic heterocycles. The molecule has 0 heterocycles. The van der Waals surface area contributed by atoms with E-state index in [0.717, 1.165) is 12.8 Å². The maximum Gasteiger partial charge on any atom is 0.341 e. The molecule has 2 bridgehead atoms. The third kappa shape index (κ3) is 2.50. The van der Waals surface area contributed by atoms with Crippen molar-refractivity contribution < 1.29 is 13.9 Å². The summed E-state index contributed by atoms with van der Waals surface area (Å²) in [7, 11) is 0. The molecule has 0 saturated heterocycles. The molecular formula is C12H18FO2Rf4-. The Kier molecular flexibility index (Phi) is 4.71. The van der Waals surface area contributed by atoms with Gasteiger partial charge >= 0.3 is 5.97 Å². The first-order valence-corrected chi connectivity index (χ1v) is 5.58. The van der Waals surface area contributed by atoms with E-state index in [1.807, 2.05) is 6.42 Å². The number of hydrogen-bond acceptors (Lipinski definition) is 2. The SMILES string of the molecule is CC(C)(C)OC(=O)C1(F)CC2[CH-]C1CC2.[Rf].[Rf].[Rf].[Rf]. The van der Waals surface area contributed by atoms with Crippen molar-refractivity contribution in [2.75, 3.05) is 0 Å². The van der Waals surface area contributed by atoms with Crippen LogP contribution in [0.5, 0.6) is 0 Å². The molecule has 2 aliphatic carbocycles. The minimum Gasteiger partial charge on any atom is -0.458 e. The van der Waals surface area contributed by atoms with Crippen LogP contribution in [0.4, 0.5) is 4.39 Å². The topological polar surface area (TPSA) is 26.3 Å². The van der Waals surface area contributed by atoms with Gasteiger partial charge in [-0.3, -0.25) is 0 Å². The minimum atomic E-state index is -1.74. The quantitative estimate of drug-likeness (QED) is 0.299. The molecule has 0 aromatic carbocycles. The van der Waals surface area contributed by atoms with Crippen molar-refractivity contribution >= 4 is 5.97 Å². The first kappa shape index (κ1) is 19.9. The molecule has 0 aromatic rings. The largest absolute Gasteiger partial charge is 0.458 e. The van der Waals surface area contributed by atoms with Crippen LogP contribution in [0.15, 0.2) is 0 Å². The maximum atomic E-state index is 14.4. The van der Waals surface area contributed by atoms with Gasteiger partial charge in [0.15, 0.2) is 5.67 Å². The first-order chi connectivity index (χ1) is 6.81. The summed E-state index contributed by atoms with van der Waals surface area (Å²) in [6, 6.07) is 0. The Morgan fingerprint density at radius 2 is 1.74 bits per heavy atom. The van der Waals surface area contributed by atoms with E-state index in [1.165, 1.54) is 0 Å². The normalized spacial score (nSPS) is 31.2. The van der Waals surface area contributed by atoms with Gasteiger partial charge in [-0.05, 0) is 27.2 Å². The van der Waals surface area contributed by atoms with Crippen LogP contribution in [-0.4, -0.2) is 17.2 Å². The average Bonchev–Trinajstić information content (AvgIpc) is 2.60. The van der Waals surface area contributed by atoms with E-state index < -0.39 is 17.2 Å². The Morgan fingerprint density at radius 1 is 1.21 bits per heavy atom. The third-order valence-electron chi connectivity index (χ3n) is 3.24. The summed E-state index contributed by atoms with van der Waals surface area (Å²) in [6.07, 6.45) is 4.13. The zero-order valence-corrected chi connectivity index (χ0v) is 38.0. The number of fused-ring (bicyclic) bond motifs is 2. The van der Waals surface area contributed by atoms with Crippen molar-refractivity contribution in [2.45, 2.75) is 51.3 Å². The molecule has 2 nitrogen and oxygen atoms in total. The van der Waals surface area contributed by atoms with Crippen LogP contribution in [0.2, 0.25) is 0 Å². The Labute approximate surface area is 90.2 Å². The van der Waals surface area contributed by atoms with Gasteiger partial charge in [0.2, 0.25) is 0 Å². The number of carbonyl (C=O) groups excluding carboxylic acids is 1. The molecule has 0 amide bonds. The smallest absolute Gasteiger partial charge is 0.341 e. The fourth-order valence-corrected chi connectivity index (χ4v) is 2.60. The van der Waals surface area contributed by atoms with Gasteiger partial charge in [-0.1, -0.05) is 12.8 Å². The van der Waals surface area contributed by atoms with Gasteiger partial charge < -0.3 is 11.2 Å². The van der Waals surface area contributed by atoms with E-state index in [1.54, 1.807) is 20.8 Å². The fraction of sp³-hybridized carbons (Fsp3) is 0.833. The monoisotopic (exact) mass is 1280 g/mol. The predicted octanol–water partition coefficient (Wildman–Crippen LogP) is 2.67. The van der Waals surface area contributed by atoms with Crippen LogP contribution >= 0.6 is 0 Å². The van der Waals surface area contributed by atoms with Gasteiger partial charge in [0.05, 0.1) is 0 Å². The molecule has 0 radical (unpaired) electrons. The summed E-state index contributed by atoms with van der Waals surface area (Å²) in [4.78, 5) is 11.8. The molecular weight excluding hydrogens is 1260 g/mol. The Bertz CT molecular complexity index is 296. The molecule has 2 aliphatic rings. The molecule has 3 unspecified atom stereocenters. The van der Waals surface area contributed by atoms with Crippen molar-refractivity contribution in [3.63, 3.8) is 0 Å². The fourth-order valence-electron chi connectivity index (χ4n) is 2.60. The van der Waals surface area contributed by atoms with E-state index in [0.29, 0.717) is 6.42 Å². The number of esters is 1. The van der Waals surface area contributed by atoms with E-state index in [4.69, 9.17) is 4.74 Å². The van der Waals surface area contributed by atoms with Crippen LogP contribution < -0.4 is 0 Å². The molecule has 19 heavy (non-hydrogen) atoms. The first-order valence-electron chi connectivity index (χ1n) is 5.58. The van der Waals surface area contributed by atoms with Crippen molar-refractivity contribution in [1.82, 2.24) is 0 Å². The molecule has 2 fully saturated rings. The molecule has 2 rings (SSSR count). The van der Waals surface area contributed by atoms with Crippen molar-refractivity contribution in [2.24, 2.45) is 11.8 Å². The molecule has 3 atom stereocenters. The van der Waals surface area contributed by atoms with E-state index in [2.05, 4.69) is 0 Å². The van der Waals surface area contributed by atoms with Gasteiger partial charge in [-0.2, -0.15) is 5.92 Å². The molecule has 7 heteroatoms. The number of halogens is 1. The molecule has 2 saturated carbocycles. The summed E-state index contributed by atoms with van der Waals surface area (Å²) >= 11 is 0. The third-order valence-corrected chi connectivity index (χ3v) is 3.24. The molecule has 94 valence electrons. The molecule has 0 aromatic heterocycles. The van der Waals surface area contributed by atoms with Crippen LogP contribution in [0.3, 0.4) is 0 Å². The summed E-state index contributed by atoms with van der Waals surface area (Å²) in [5.41, 5.74) is -2.34. The van der Waals surface area contributed by atoms with Gasteiger partial charge in [0.1, 0.15) is 5.60 Å².